The number of hydrogen-bond acceptors (Lipinski definition) is 2. The van der Waals surface area contributed by atoms with Gasteiger partial charge in [-0.3, -0.25) is 11.3 Å². The van der Waals surface area contributed by atoms with E-state index < -0.39 is 23.6 Å². The number of hydrazine groups is 1. The van der Waals surface area contributed by atoms with Crippen molar-refractivity contribution in [3.8, 4) is 0 Å². The minimum absolute atomic E-state index is 0.0546. The minimum atomic E-state index is -4.70. The highest BCUT2D eigenvalue weighted by molar-refractivity contribution is 5.30. The standard InChI is InChI=1S/C12H16F4N2/c1-7(2)6-10(18-17)8-4-3-5-9(11(8)13)12(14,15)16/h3-5,7,10,18H,6,17H2,1-2H3. The zero-order chi connectivity index (χ0) is 13.9. The van der Waals surface area contributed by atoms with E-state index in [-0.39, 0.29) is 11.5 Å². The van der Waals surface area contributed by atoms with Crippen LogP contribution in [0.1, 0.15) is 37.4 Å². The highest BCUT2D eigenvalue weighted by Gasteiger charge is 2.35. The number of nitrogens with one attached hydrogen (secondary N) is 1. The molecule has 0 aliphatic heterocycles. The lowest BCUT2D eigenvalue weighted by Gasteiger charge is -2.20. The molecule has 0 saturated heterocycles. The van der Waals surface area contributed by atoms with Crippen LogP contribution in [-0.4, -0.2) is 0 Å². The van der Waals surface area contributed by atoms with Crippen LogP contribution in [0.25, 0.3) is 0 Å². The lowest BCUT2D eigenvalue weighted by Crippen LogP contribution is -2.30. The van der Waals surface area contributed by atoms with Gasteiger partial charge in [-0.1, -0.05) is 26.0 Å². The van der Waals surface area contributed by atoms with E-state index in [0.29, 0.717) is 6.42 Å². The smallest absolute Gasteiger partial charge is 0.271 e. The average molecular weight is 264 g/mol. The highest BCUT2D eigenvalue weighted by Crippen LogP contribution is 2.34. The molecule has 0 fully saturated rings. The van der Waals surface area contributed by atoms with E-state index in [1.165, 1.54) is 12.1 Å². The Morgan fingerprint density at radius 2 is 1.89 bits per heavy atom. The van der Waals surface area contributed by atoms with Gasteiger partial charge in [-0.05, 0) is 18.4 Å². The molecular weight excluding hydrogens is 248 g/mol. The third-order valence-electron chi connectivity index (χ3n) is 2.62. The monoisotopic (exact) mass is 264 g/mol. The van der Waals surface area contributed by atoms with E-state index in [9.17, 15) is 17.6 Å². The first-order chi connectivity index (χ1) is 8.27. The maximum atomic E-state index is 13.8. The molecule has 0 saturated carbocycles. The van der Waals surface area contributed by atoms with E-state index in [1.807, 2.05) is 13.8 Å². The van der Waals surface area contributed by atoms with Crippen LogP contribution in [0.3, 0.4) is 0 Å². The SMILES string of the molecule is CC(C)CC(NN)c1cccc(C(F)(F)F)c1F. The van der Waals surface area contributed by atoms with Crippen molar-refractivity contribution in [2.24, 2.45) is 11.8 Å². The van der Waals surface area contributed by atoms with Gasteiger partial charge in [0.1, 0.15) is 5.82 Å². The van der Waals surface area contributed by atoms with Crippen LogP contribution in [0.15, 0.2) is 18.2 Å². The molecule has 3 N–H and O–H groups in total. The molecule has 1 atom stereocenters. The Morgan fingerprint density at radius 3 is 2.33 bits per heavy atom. The molecule has 1 aromatic rings. The Hall–Kier alpha value is -1.14. The summed E-state index contributed by atoms with van der Waals surface area (Å²) in [5, 5.41) is 0. The molecule has 2 nitrogen and oxygen atoms in total. The number of halogens is 4. The average Bonchev–Trinajstić information content (AvgIpc) is 2.24. The van der Waals surface area contributed by atoms with Gasteiger partial charge in [0.05, 0.1) is 5.56 Å². The van der Waals surface area contributed by atoms with Crippen molar-refractivity contribution in [2.45, 2.75) is 32.5 Å². The van der Waals surface area contributed by atoms with Crippen LogP contribution in [-0.2, 0) is 6.18 Å². The van der Waals surface area contributed by atoms with Gasteiger partial charge >= 0.3 is 6.18 Å². The second kappa shape index (κ2) is 5.67. The van der Waals surface area contributed by atoms with E-state index in [4.69, 9.17) is 5.84 Å². The van der Waals surface area contributed by atoms with E-state index in [2.05, 4.69) is 5.43 Å². The van der Waals surface area contributed by atoms with Gasteiger partial charge in [0.15, 0.2) is 0 Å². The van der Waals surface area contributed by atoms with Crippen molar-refractivity contribution >= 4 is 0 Å². The summed E-state index contributed by atoms with van der Waals surface area (Å²) in [6, 6.07) is 2.60. The lowest BCUT2D eigenvalue weighted by atomic mass is 9.95. The molecule has 0 bridgehead atoms. The number of benzene rings is 1. The molecule has 1 rings (SSSR count). The van der Waals surface area contributed by atoms with Crippen LogP contribution in [0.4, 0.5) is 17.6 Å². The summed E-state index contributed by atoms with van der Waals surface area (Å²) < 4.78 is 51.5. The molecule has 0 amide bonds. The van der Waals surface area contributed by atoms with Gasteiger partial charge in [0, 0.05) is 11.6 Å². The van der Waals surface area contributed by atoms with E-state index in [1.54, 1.807) is 0 Å². The summed E-state index contributed by atoms with van der Waals surface area (Å²) in [7, 11) is 0. The Morgan fingerprint density at radius 1 is 1.28 bits per heavy atom. The fourth-order valence-corrected chi connectivity index (χ4v) is 1.79. The largest absolute Gasteiger partial charge is 0.419 e. The highest BCUT2D eigenvalue weighted by atomic mass is 19.4. The number of nitrogens with two attached hydrogens (primary N) is 1. The van der Waals surface area contributed by atoms with Crippen molar-refractivity contribution in [2.75, 3.05) is 0 Å². The predicted octanol–water partition coefficient (Wildman–Crippen LogP) is 3.40. The third kappa shape index (κ3) is 3.43. The first-order valence-corrected chi connectivity index (χ1v) is 5.59. The van der Waals surface area contributed by atoms with Gasteiger partial charge in [-0.2, -0.15) is 13.2 Å². The van der Waals surface area contributed by atoms with Crippen molar-refractivity contribution in [3.63, 3.8) is 0 Å². The Balaban J connectivity index is 3.17. The van der Waals surface area contributed by atoms with E-state index >= 15 is 0 Å². The molecule has 102 valence electrons. The zero-order valence-electron chi connectivity index (χ0n) is 10.2. The van der Waals surface area contributed by atoms with Gasteiger partial charge in [-0.25, -0.2) is 4.39 Å². The minimum Gasteiger partial charge on any atom is -0.271 e. The second-order valence-corrected chi connectivity index (χ2v) is 4.56. The predicted molar refractivity (Wildman–Crippen MR) is 60.9 cm³/mol. The zero-order valence-corrected chi connectivity index (χ0v) is 10.2. The van der Waals surface area contributed by atoms with Gasteiger partial charge < -0.3 is 0 Å². The Labute approximate surface area is 103 Å². The molecule has 1 unspecified atom stereocenters. The quantitative estimate of drug-likeness (QED) is 0.497. The van der Waals surface area contributed by atoms with Crippen molar-refractivity contribution < 1.29 is 17.6 Å². The summed E-state index contributed by atoms with van der Waals surface area (Å²) in [6.07, 6.45) is -4.24. The molecule has 0 heterocycles. The lowest BCUT2D eigenvalue weighted by molar-refractivity contribution is -0.140. The Bertz CT molecular complexity index is 402. The van der Waals surface area contributed by atoms with E-state index in [0.717, 1.165) is 6.07 Å². The third-order valence-corrected chi connectivity index (χ3v) is 2.62. The van der Waals surface area contributed by atoms with Crippen LogP contribution in [0.2, 0.25) is 0 Å². The summed E-state index contributed by atoms with van der Waals surface area (Å²) in [5.74, 6) is 4.21. The first-order valence-electron chi connectivity index (χ1n) is 5.59. The molecule has 0 aliphatic rings. The fourth-order valence-electron chi connectivity index (χ4n) is 1.79. The Kier molecular flexibility index (Phi) is 4.70. The summed E-state index contributed by atoms with van der Waals surface area (Å²) in [5.41, 5.74) is 1.05. The van der Waals surface area contributed by atoms with Crippen LogP contribution >= 0.6 is 0 Å². The number of hydrogen-bond donors (Lipinski definition) is 2. The molecule has 0 aliphatic carbocycles. The van der Waals surface area contributed by atoms with Crippen LogP contribution in [0, 0.1) is 11.7 Å². The number of rotatable bonds is 4. The fraction of sp³-hybridized carbons (Fsp3) is 0.500. The van der Waals surface area contributed by atoms with Crippen molar-refractivity contribution in [1.82, 2.24) is 5.43 Å². The number of alkyl halides is 3. The molecule has 6 heteroatoms. The van der Waals surface area contributed by atoms with Gasteiger partial charge in [0.25, 0.3) is 0 Å². The van der Waals surface area contributed by atoms with Crippen LogP contribution < -0.4 is 11.3 Å². The molecule has 0 spiro atoms. The normalized spacial score (nSPS) is 14.0. The molecule has 18 heavy (non-hydrogen) atoms. The molecule has 1 aromatic carbocycles. The maximum absolute atomic E-state index is 13.8. The first kappa shape index (κ1) is 14.9. The summed E-state index contributed by atoms with van der Waals surface area (Å²) >= 11 is 0. The van der Waals surface area contributed by atoms with Crippen molar-refractivity contribution in [1.29, 1.82) is 0 Å². The second-order valence-electron chi connectivity index (χ2n) is 4.56. The molecular formula is C12H16F4N2. The van der Waals surface area contributed by atoms with Gasteiger partial charge in [0.2, 0.25) is 0 Å². The topological polar surface area (TPSA) is 38.0 Å². The maximum Gasteiger partial charge on any atom is 0.419 e. The van der Waals surface area contributed by atoms with Crippen molar-refractivity contribution in [3.05, 3.63) is 35.1 Å². The molecule has 0 aromatic heterocycles. The molecule has 0 radical (unpaired) electrons. The van der Waals surface area contributed by atoms with Gasteiger partial charge in [-0.15, -0.1) is 0 Å². The summed E-state index contributed by atoms with van der Waals surface area (Å²) in [4.78, 5) is 0. The van der Waals surface area contributed by atoms with Crippen LogP contribution in [0.5, 0.6) is 0 Å². The summed E-state index contributed by atoms with van der Waals surface area (Å²) in [6.45, 7) is 3.77.